The third kappa shape index (κ3) is 3.37. The van der Waals surface area contributed by atoms with E-state index >= 15 is 0 Å². The average molecular weight is 251 g/mol. The summed E-state index contributed by atoms with van der Waals surface area (Å²) in [4.78, 5) is 0. The van der Waals surface area contributed by atoms with Gasteiger partial charge >= 0.3 is 0 Å². The standard InChI is InChI=1S/C14H21NO3/c1-2-3-8-15-9-11(16)14-10-17-12-6-4-5-7-13(12)18-14/h4-7,11,14-16H,2-3,8-10H2,1H3/t11-,14+/m0/s1. The molecular weight excluding hydrogens is 230 g/mol. The average Bonchev–Trinajstić information content (AvgIpc) is 2.43. The van der Waals surface area contributed by atoms with Gasteiger partial charge in [0.05, 0.1) is 0 Å². The lowest BCUT2D eigenvalue weighted by Gasteiger charge is -2.29. The first kappa shape index (κ1) is 13.2. The molecule has 0 saturated heterocycles. The van der Waals surface area contributed by atoms with E-state index in [4.69, 9.17) is 9.47 Å². The van der Waals surface area contributed by atoms with Crippen LogP contribution in [0.3, 0.4) is 0 Å². The summed E-state index contributed by atoms with van der Waals surface area (Å²) in [6.45, 7) is 4.01. The monoisotopic (exact) mass is 251 g/mol. The first-order valence-corrected chi connectivity index (χ1v) is 6.58. The van der Waals surface area contributed by atoms with Crippen molar-refractivity contribution in [1.29, 1.82) is 0 Å². The van der Waals surface area contributed by atoms with E-state index in [1.807, 2.05) is 24.3 Å². The number of nitrogens with one attached hydrogen (secondary N) is 1. The number of para-hydroxylation sites is 2. The first-order valence-electron chi connectivity index (χ1n) is 6.58. The number of ether oxygens (including phenoxy) is 2. The van der Waals surface area contributed by atoms with Crippen LogP contribution in [0.2, 0.25) is 0 Å². The maximum Gasteiger partial charge on any atom is 0.161 e. The minimum Gasteiger partial charge on any atom is -0.486 e. The molecule has 0 radical (unpaired) electrons. The van der Waals surface area contributed by atoms with E-state index in [9.17, 15) is 5.11 Å². The Morgan fingerprint density at radius 2 is 2.17 bits per heavy atom. The number of hydrogen-bond acceptors (Lipinski definition) is 4. The fraction of sp³-hybridized carbons (Fsp3) is 0.571. The van der Waals surface area contributed by atoms with Gasteiger partial charge in [-0.3, -0.25) is 0 Å². The number of unbranched alkanes of at least 4 members (excludes halogenated alkanes) is 1. The van der Waals surface area contributed by atoms with Crippen LogP contribution in [-0.2, 0) is 0 Å². The van der Waals surface area contributed by atoms with E-state index < -0.39 is 6.10 Å². The number of hydrogen-bond donors (Lipinski definition) is 2. The van der Waals surface area contributed by atoms with Gasteiger partial charge < -0.3 is 19.9 Å². The summed E-state index contributed by atoms with van der Waals surface area (Å²) in [6.07, 6.45) is 1.43. The van der Waals surface area contributed by atoms with Crippen molar-refractivity contribution in [3.05, 3.63) is 24.3 Å². The van der Waals surface area contributed by atoms with Gasteiger partial charge in [-0.2, -0.15) is 0 Å². The van der Waals surface area contributed by atoms with E-state index in [1.165, 1.54) is 0 Å². The van der Waals surface area contributed by atoms with E-state index in [1.54, 1.807) is 0 Å². The molecule has 0 aromatic heterocycles. The maximum absolute atomic E-state index is 10.0. The SMILES string of the molecule is CCCCNC[C@H](O)[C@H]1COc2ccccc2O1. The van der Waals surface area contributed by atoms with E-state index in [0.717, 1.165) is 25.1 Å². The van der Waals surface area contributed by atoms with Gasteiger partial charge in [-0.15, -0.1) is 0 Å². The van der Waals surface area contributed by atoms with Crippen LogP contribution in [0.15, 0.2) is 24.3 Å². The molecule has 1 aromatic carbocycles. The minimum absolute atomic E-state index is 0.297. The predicted octanol–water partition coefficient (Wildman–Crippen LogP) is 1.58. The Bertz CT molecular complexity index is 370. The molecule has 1 aromatic rings. The molecule has 2 atom stereocenters. The molecule has 0 aliphatic carbocycles. The normalized spacial score (nSPS) is 19.6. The van der Waals surface area contributed by atoms with Crippen LogP contribution >= 0.6 is 0 Å². The first-order chi connectivity index (χ1) is 8.81. The molecule has 1 heterocycles. The fourth-order valence-electron chi connectivity index (χ4n) is 1.91. The van der Waals surface area contributed by atoms with Gasteiger partial charge in [0.25, 0.3) is 0 Å². The summed E-state index contributed by atoms with van der Waals surface area (Å²) in [7, 11) is 0. The molecule has 4 heteroatoms. The smallest absolute Gasteiger partial charge is 0.161 e. The highest BCUT2D eigenvalue weighted by Crippen LogP contribution is 2.31. The summed E-state index contributed by atoms with van der Waals surface area (Å²) in [5.41, 5.74) is 0. The highest BCUT2D eigenvalue weighted by atomic mass is 16.6. The summed E-state index contributed by atoms with van der Waals surface area (Å²) in [5, 5.41) is 13.3. The van der Waals surface area contributed by atoms with Crippen molar-refractivity contribution in [1.82, 2.24) is 5.32 Å². The van der Waals surface area contributed by atoms with E-state index in [0.29, 0.717) is 18.9 Å². The van der Waals surface area contributed by atoms with Crippen LogP contribution in [0.4, 0.5) is 0 Å². The number of aliphatic hydroxyl groups is 1. The van der Waals surface area contributed by atoms with Crippen molar-refractivity contribution < 1.29 is 14.6 Å². The number of benzene rings is 1. The van der Waals surface area contributed by atoms with Gasteiger partial charge in [-0.05, 0) is 25.1 Å². The summed E-state index contributed by atoms with van der Waals surface area (Å²) >= 11 is 0. The Morgan fingerprint density at radius 1 is 1.39 bits per heavy atom. The van der Waals surface area contributed by atoms with Gasteiger partial charge in [-0.25, -0.2) is 0 Å². The zero-order valence-electron chi connectivity index (χ0n) is 10.8. The molecule has 0 spiro atoms. The lowest BCUT2D eigenvalue weighted by atomic mass is 10.2. The van der Waals surface area contributed by atoms with Gasteiger partial charge in [0.2, 0.25) is 0 Å². The highest BCUT2D eigenvalue weighted by molar-refractivity contribution is 5.40. The molecule has 0 saturated carbocycles. The van der Waals surface area contributed by atoms with Crippen molar-refractivity contribution in [2.75, 3.05) is 19.7 Å². The van der Waals surface area contributed by atoms with Crippen LogP contribution in [0.5, 0.6) is 11.5 Å². The summed E-state index contributed by atoms with van der Waals surface area (Å²) in [5.74, 6) is 1.46. The lowest BCUT2D eigenvalue weighted by Crippen LogP contribution is -2.45. The van der Waals surface area contributed by atoms with Gasteiger partial charge in [0.15, 0.2) is 17.6 Å². The molecule has 0 amide bonds. The third-order valence-electron chi connectivity index (χ3n) is 3.02. The fourth-order valence-corrected chi connectivity index (χ4v) is 1.91. The molecule has 18 heavy (non-hydrogen) atoms. The number of aliphatic hydroxyl groups excluding tert-OH is 1. The second-order valence-electron chi connectivity index (χ2n) is 4.54. The molecule has 2 N–H and O–H groups in total. The van der Waals surface area contributed by atoms with Crippen molar-refractivity contribution >= 4 is 0 Å². The second kappa shape index (κ2) is 6.61. The molecule has 1 aliphatic rings. The third-order valence-corrected chi connectivity index (χ3v) is 3.02. The molecular formula is C14H21NO3. The number of rotatable bonds is 6. The molecule has 1 aliphatic heterocycles. The zero-order chi connectivity index (χ0) is 12.8. The quantitative estimate of drug-likeness (QED) is 0.754. The van der Waals surface area contributed by atoms with Gasteiger partial charge in [0.1, 0.15) is 12.7 Å². The summed E-state index contributed by atoms with van der Waals surface area (Å²) < 4.78 is 11.3. The van der Waals surface area contributed by atoms with Crippen molar-refractivity contribution in [3.63, 3.8) is 0 Å². The van der Waals surface area contributed by atoms with Crippen molar-refractivity contribution in [2.45, 2.75) is 32.0 Å². The van der Waals surface area contributed by atoms with Crippen LogP contribution < -0.4 is 14.8 Å². The molecule has 0 fully saturated rings. The lowest BCUT2D eigenvalue weighted by molar-refractivity contribution is -0.00898. The molecule has 4 nitrogen and oxygen atoms in total. The Kier molecular flexibility index (Phi) is 4.84. The topological polar surface area (TPSA) is 50.7 Å². The molecule has 2 rings (SSSR count). The Balaban J connectivity index is 1.81. The van der Waals surface area contributed by atoms with Crippen LogP contribution in [0.1, 0.15) is 19.8 Å². The molecule has 100 valence electrons. The minimum atomic E-state index is -0.546. The van der Waals surface area contributed by atoms with Crippen molar-refractivity contribution in [2.24, 2.45) is 0 Å². The number of fused-ring (bicyclic) bond motifs is 1. The largest absolute Gasteiger partial charge is 0.486 e. The Morgan fingerprint density at radius 3 is 2.94 bits per heavy atom. The van der Waals surface area contributed by atoms with Gasteiger partial charge in [0, 0.05) is 6.54 Å². The van der Waals surface area contributed by atoms with Crippen LogP contribution in [-0.4, -0.2) is 37.0 Å². The van der Waals surface area contributed by atoms with E-state index in [-0.39, 0.29) is 6.10 Å². The van der Waals surface area contributed by atoms with Crippen LogP contribution in [0, 0.1) is 0 Å². The molecule has 0 unspecified atom stereocenters. The summed E-state index contributed by atoms with van der Waals surface area (Å²) in [6, 6.07) is 7.54. The van der Waals surface area contributed by atoms with Crippen LogP contribution in [0.25, 0.3) is 0 Å². The predicted molar refractivity (Wildman–Crippen MR) is 70.1 cm³/mol. The van der Waals surface area contributed by atoms with Gasteiger partial charge in [-0.1, -0.05) is 25.5 Å². The Labute approximate surface area is 108 Å². The zero-order valence-corrected chi connectivity index (χ0v) is 10.8. The highest BCUT2D eigenvalue weighted by Gasteiger charge is 2.26. The van der Waals surface area contributed by atoms with Crippen molar-refractivity contribution in [3.8, 4) is 11.5 Å². The van der Waals surface area contributed by atoms with E-state index in [2.05, 4.69) is 12.2 Å². The Hall–Kier alpha value is -1.26. The maximum atomic E-state index is 10.0. The second-order valence-corrected chi connectivity index (χ2v) is 4.54. The molecule has 0 bridgehead atoms.